The van der Waals surface area contributed by atoms with Gasteiger partial charge in [-0.15, -0.1) is 0 Å². The third-order valence-electron chi connectivity index (χ3n) is 5.16. The van der Waals surface area contributed by atoms with E-state index in [2.05, 4.69) is 33.8 Å². The molecule has 1 aromatic carbocycles. The minimum atomic E-state index is -0.318. The highest BCUT2D eigenvalue weighted by atomic mass is 16.6. The van der Waals surface area contributed by atoms with Crippen molar-refractivity contribution in [3.05, 3.63) is 47.2 Å². The van der Waals surface area contributed by atoms with E-state index >= 15 is 0 Å². The smallest absolute Gasteiger partial charge is 0.407 e. The molecule has 7 nitrogen and oxygen atoms in total. The Morgan fingerprint density at radius 3 is 2.63 bits per heavy atom. The van der Waals surface area contributed by atoms with Crippen LogP contribution in [-0.2, 0) is 22.4 Å². The molecule has 0 aliphatic heterocycles. The Morgan fingerprint density at radius 1 is 1.30 bits per heavy atom. The van der Waals surface area contributed by atoms with Gasteiger partial charge in [0.05, 0.1) is 0 Å². The van der Waals surface area contributed by atoms with Crippen LogP contribution in [0.3, 0.4) is 0 Å². The van der Waals surface area contributed by atoms with Crippen LogP contribution in [0, 0.1) is 0 Å². The number of anilines is 1. The van der Waals surface area contributed by atoms with Crippen LogP contribution in [0.4, 0.5) is 10.6 Å². The molecule has 1 aliphatic carbocycles. The maximum absolute atomic E-state index is 11.5. The Hall–Kier alpha value is -2.83. The summed E-state index contributed by atoms with van der Waals surface area (Å²) in [7, 11) is 1.84. The molecule has 0 saturated heterocycles. The van der Waals surface area contributed by atoms with Gasteiger partial charge < -0.3 is 20.2 Å². The largest absolute Gasteiger partial charge is 0.446 e. The van der Waals surface area contributed by atoms with Crippen molar-refractivity contribution < 1.29 is 14.3 Å². The first-order valence-electron chi connectivity index (χ1n) is 10.7. The molecule has 164 valence electrons. The van der Waals surface area contributed by atoms with Crippen LogP contribution >= 0.6 is 0 Å². The van der Waals surface area contributed by atoms with Gasteiger partial charge in [0, 0.05) is 37.2 Å². The number of hydrogen-bond acceptors (Lipinski definition) is 5. The fourth-order valence-electron chi connectivity index (χ4n) is 3.62. The third kappa shape index (κ3) is 7.21. The Bertz CT molecular complexity index is 803. The normalized spacial score (nSPS) is 17.8. The lowest BCUT2D eigenvalue weighted by Gasteiger charge is -2.14. The van der Waals surface area contributed by atoms with Crippen molar-refractivity contribution in [2.75, 3.05) is 12.4 Å². The zero-order valence-electron chi connectivity index (χ0n) is 18.4. The molecule has 3 rings (SSSR count). The molecule has 1 amide bonds. The van der Waals surface area contributed by atoms with Gasteiger partial charge in [-0.1, -0.05) is 31.2 Å². The SMILES string of the molecule is CCc1ccccc1CC=O.CNc1cc(C2CCC(OC(=O)NC(C)C)C2)[nH]n1. The summed E-state index contributed by atoms with van der Waals surface area (Å²) in [6.45, 7) is 5.94. The van der Waals surface area contributed by atoms with E-state index in [1.54, 1.807) is 0 Å². The summed E-state index contributed by atoms with van der Waals surface area (Å²) < 4.78 is 5.41. The summed E-state index contributed by atoms with van der Waals surface area (Å²) in [5.41, 5.74) is 3.55. The highest BCUT2D eigenvalue weighted by Gasteiger charge is 2.29. The van der Waals surface area contributed by atoms with Gasteiger partial charge in [-0.2, -0.15) is 5.10 Å². The van der Waals surface area contributed by atoms with Gasteiger partial charge in [-0.25, -0.2) is 4.79 Å². The molecule has 2 atom stereocenters. The first-order chi connectivity index (χ1) is 14.5. The van der Waals surface area contributed by atoms with Gasteiger partial charge in [0.2, 0.25) is 0 Å². The molecule has 2 aromatic rings. The number of ether oxygens (including phenoxy) is 1. The minimum Gasteiger partial charge on any atom is -0.446 e. The predicted octanol–water partition coefficient (Wildman–Crippen LogP) is 4.21. The summed E-state index contributed by atoms with van der Waals surface area (Å²) >= 11 is 0. The quantitative estimate of drug-likeness (QED) is 0.590. The van der Waals surface area contributed by atoms with Gasteiger partial charge in [-0.05, 0) is 50.7 Å². The molecule has 3 N–H and O–H groups in total. The van der Waals surface area contributed by atoms with E-state index in [1.807, 2.05) is 45.2 Å². The Morgan fingerprint density at radius 2 is 2.03 bits per heavy atom. The number of rotatable bonds is 7. The second-order valence-electron chi connectivity index (χ2n) is 7.79. The molecule has 0 bridgehead atoms. The number of aryl methyl sites for hydroxylation is 1. The van der Waals surface area contributed by atoms with E-state index in [-0.39, 0.29) is 18.2 Å². The van der Waals surface area contributed by atoms with Gasteiger partial charge in [0.25, 0.3) is 0 Å². The molecule has 0 spiro atoms. The first-order valence-corrected chi connectivity index (χ1v) is 10.7. The van der Waals surface area contributed by atoms with E-state index in [0.29, 0.717) is 12.3 Å². The van der Waals surface area contributed by atoms with E-state index in [0.717, 1.165) is 49.0 Å². The van der Waals surface area contributed by atoms with Crippen molar-refractivity contribution >= 4 is 18.2 Å². The molecule has 1 saturated carbocycles. The number of aromatic amines is 1. The average molecular weight is 415 g/mol. The van der Waals surface area contributed by atoms with E-state index < -0.39 is 0 Å². The number of carbonyl (C=O) groups is 2. The third-order valence-corrected chi connectivity index (χ3v) is 5.16. The number of nitrogens with zero attached hydrogens (tertiary/aromatic N) is 1. The number of aldehydes is 1. The number of carbonyl (C=O) groups excluding carboxylic acids is 2. The van der Waals surface area contributed by atoms with Gasteiger partial charge in [0.1, 0.15) is 18.2 Å². The zero-order chi connectivity index (χ0) is 21.9. The van der Waals surface area contributed by atoms with E-state index in [9.17, 15) is 9.59 Å². The Balaban J connectivity index is 0.000000248. The second-order valence-corrected chi connectivity index (χ2v) is 7.79. The summed E-state index contributed by atoms with van der Waals surface area (Å²) in [6.07, 6.45) is 4.97. The predicted molar refractivity (Wildman–Crippen MR) is 119 cm³/mol. The van der Waals surface area contributed by atoms with Crippen LogP contribution in [-0.4, -0.2) is 41.8 Å². The van der Waals surface area contributed by atoms with Crippen molar-refractivity contribution in [3.8, 4) is 0 Å². The van der Waals surface area contributed by atoms with Crippen LogP contribution in [0.15, 0.2) is 30.3 Å². The van der Waals surface area contributed by atoms with E-state index in [1.165, 1.54) is 5.56 Å². The summed E-state index contributed by atoms with van der Waals surface area (Å²) in [5, 5.41) is 12.9. The van der Waals surface area contributed by atoms with Crippen molar-refractivity contribution in [2.24, 2.45) is 0 Å². The number of nitrogens with one attached hydrogen (secondary N) is 3. The number of hydrogen-bond donors (Lipinski definition) is 3. The topological polar surface area (TPSA) is 96.1 Å². The molecule has 1 heterocycles. The summed E-state index contributed by atoms with van der Waals surface area (Å²) in [5.74, 6) is 1.24. The molecular weight excluding hydrogens is 380 g/mol. The lowest BCUT2D eigenvalue weighted by molar-refractivity contribution is -0.107. The molecule has 1 fully saturated rings. The fraction of sp³-hybridized carbons (Fsp3) is 0.522. The maximum Gasteiger partial charge on any atom is 0.407 e. The van der Waals surface area contributed by atoms with Crippen molar-refractivity contribution in [2.45, 2.75) is 70.9 Å². The van der Waals surface area contributed by atoms with Crippen LogP contribution in [0.5, 0.6) is 0 Å². The molecule has 30 heavy (non-hydrogen) atoms. The van der Waals surface area contributed by atoms with Crippen LogP contribution < -0.4 is 10.6 Å². The summed E-state index contributed by atoms with van der Waals surface area (Å²) in [4.78, 5) is 21.8. The number of alkyl carbamates (subject to hydrolysis) is 1. The van der Waals surface area contributed by atoms with Gasteiger partial charge in [0.15, 0.2) is 0 Å². The molecular formula is C23H34N4O3. The molecule has 7 heteroatoms. The minimum absolute atomic E-state index is 0.00471. The lowest BCUT2D eigenvalue weighted by Crippen LogP contribution is -2.33. The maximum atomic E-state index is 11.5. The van der Waals surface area contributed by atoms with Crippen molar-refractivity contribution in [3.63, 3.8) is 0 Å². The molecule has 1 aromatic heterocycles. The lowest BCUT2D eigenvalue weighted by atomic mass is 10.0. The van der Waals surface area contributed by atoms with Crippen molar-refractivity contribution in [1.29, 1.82) is 0 Å². The molecule has 1 aliphatic rings. The average Bonchev–Trinajstić information content (AvgIpc) is 3.37. The molecule has 2 unspecified atom stereocenters. The number of aromatic nitrogens is 2. The highest BCUT2D eigenvalue weighted by Crippen LogP contribution is 2.35. The monoisotopic (exact) mass is 414 g/mol. The summed E-state index contributed by atoms with van der Waals surface area (Å²) in [6, 6.07) is 10.2. The van der Waals surface area contributed by atoms with E-state index in [4.69, 9.17) is 4.74 Å². The van der Waals surface area contributed by atoms with Crippen molar-refractivity contribution in [1.82, 2.24) is 15.5 Å². The van der Waals surface area contributed by atoms with Crippen LogP contribution in [0.25, 0.3) is 0 Å². The first kappa shape index (κ1) is 23.4. The second kappa shape index (κ2) is 12.0. The zero-order valence-corrected chi connectivity index (χ0v) is 18.4. The standard InChI is InChI=1S/C13H22N4O2.C10H12O/c1-8(2)15-13(18)19-10-5-4-9(6-10)11-7-12(14-3)17-16-11;1-2-9-5-3-4-6-10(9)7-8-11/h7-10H,4-6H2,1-3H3,(H,15,18)(H2,14,16,17);3-6,8H,2,7H2,1H3. The number of benzene rings is 1. The fourth-order valence-corrected chi connectivity index (χ4v) is 3.62. The number of H-pyrrole nitrogens is 1. The Kier molecular flexibility index (Phi) is 9.38. The van der Waals surface area contributed by atoms with Gasteiger partial charge >= 0.3 is 6.09 Å². The van der Waals surface area contributed by atoms with Crippen LogP contribution in [0.2, 0.25) is 0 Å². The van der Waals surface area contributed by atoms with Gasteiger partial charge in [-0.3, -0.25) is 5.10 Å². The molecule has 0 radical (unpaired) electrons. The number of amides is 1. The Labute approximate surface area is 179 Å². The highest BCUT2D eigenvalue weighted by molar-refractivity contribution is 5.67. The van der Waals surface area contributed by atoms with Crippen LogP contribution in [0.1, 0.15) is 62.8 Å².